The molecular formula is C18H25N5O4S. The Morgan fingerprint density at radius 3 is 2.75 bits per heavy atom. The molecule has 1 amide bonds. The molecule has 10 heteroatoms. The van der Waals surface area contributed by atoms with Gasteiger partial charge in [0.1, 0.15) is 9.88 Å². The number of furan rings is 1. The highest BCUT2D eigenvalue weighted by molar-refractivity contribution is 7.13. The fourth-order valence-corrected chi connectivity index (χ4v) is 3.26. The lowest BCUT2D eigenvalue weighted by Gasteiger charge is -2.16. The van der Waals surface area contributed by atoms with Crippen LogP contribution in [0.15, 0.2) is 27.8 Å². The van der Waals surface area contributed by atoms with Gasteiger partial charge in [0.2, 0.25) is 0 Å². The highest BCUT2D eigenvalue weighted by atomic mass is 32.1. The Morgan fingerprint density at radius 2 is 2.11 bits per heavy atom. The Kier molecular flexibility index (Phi) is 8.00. The SMILES string of the molecule is CCOC(=O)c1sc(C(C)NC(=NC)NCCNC(=O)c2ccco2)nc1C. The van der Waals surface area contributed by atoms with Crippen molar-refractivity contribution in [1.82, 2.24) is 20.9 Å². The molecule has 0 aliphatic carbocycles. The highest BCUT2D eigenvalue weighted by Gasteiger charge is 2.20. The van der Waals surface area contributed by atoms with Gasteiger partial charge in [-0.25, -0.2) is 9.78 Å². The van der Waals surface area contributed by atoms with E-state index in [-0.39, 0.29) is 23.7 Å². The number of guanidine groups is 1. The zero-order valence-corrected chi connectivity index (χ0v) is 17.2. The van der Waals surface area contributed by atoms with E-state index in [0.29, 0.717) is 36.2 Å². The van der Waals surface area contributed by atoms with E-state index in [9.17, 15) is 9.59 Å². The van der Waals surface area contributed by atoms with Gasteiger partial charge in [-0.3, -0.25) is 9.79 Å². The van der Waals surface area contributed by atoms with Crippen molar-refractivity contribution in [3.8, 4) is 0 Å². The van der Waals surface area contributed by atoms with Crippen LogP contribution in [0, 0.1) is 6.92 Å². The maximum atomic E-state index is 11.9. The molecule has 2 aromatic rings. The van der Waals surface area contributed by atoms with Gasteiger partial charge >= 0.3 is 5.97 Å². The monoisotopic (exact) mass is 407 g/mol. The lowest BCUT2D eigenvalue weighted by Crippen LogP contribution is -2.42. The Bertz CT molecular complexity index is 816. The molecule has 3 N–H and O–H groups in total. The summed E-state index contributed by atoms with van der Waals surface area (Å²) in [5, 5.41) is 9.83. The number of carbonyl (C=O) groups excluding carboxylic acids is 2. The van der Waals surface area contributed by atoms with Crippen LogP contribution in [0.1, 0.15) is 50.8 Å². The highest BCUT2D eigenvalue weighted by Crippen LogP contribution is 2.24. The molecule has 0 aliphatic heterocycles. The van der Waals surface area contributed by atoms with Crippen LogP contribution in [-0.4, -0.2) is 49.6 Å². The first-order valence-electron chi connectivity index (χ1n) is 8.89. The van der Waals surface area contributed by atoms with Gasteiger partial charge in [-0.05, 0) is 32.9 Å². The quantitative estimate of drug-likeness (QED) is 0.265. The number of thiazole rings is 1. The molecule has 0 fully saturated rings. The van der Waals surface area contributed by atoms with Gasteiger partial charge in [-0.1, -0.05) is 0 Å². The van der Waals surface area contributed by atoms with Crippen molar-refractivity contribution in [3.05, 3.63) is 39.7 Å². The zero-order chi connectivity index (χ0) is 20.5. The van der Waals surface area contributed by atoms with Crippen molar-refractivity contribution >= 4 is 29.2 Å². The van der Waals surface area contributed by atoms with Gasteiger partial charge in [0, 0.05) is 20.1 Å². The molecule has 9 nitrogen and oxygen atoms in total. The average Bonchev–Trinajstić information content (AvgIpc) is 3.34. The summed E-state index contributed by atoms with van der Waals surface area (Å²) in [5.74, 6) is 0.205. The molecule has 2 heterocycles. The number of ether oxygens (including phenoxy) is 1. The molecule has 0 saturated carbocycles. The molecule has 1 atom stereocenters. The Morgan fingerprint density at radius 1 is 1.36 bits per heavy atom. The van der Waals surface area contributed by atoms with Crippen molar-refractivity contribution < 1.29 is 18.7 Å². The molecule has 0 aliphatic rings. The number of aliphatic imine (C=N–C) groups is 1. The largest absolute Gasteiger partial charge is 0.462 e. The van der Waals surface area contributed by atoms with Crippen LogP contribution in [-0.2, 0) is 4.74 Å². The number of amides is 1. The first kappa shape index (κ1) is 21.4. The van der Waals surface area contributed by atoms with Gasteiger partial charge in [-0.15, -0.1) is 11.3 Å². The second-order valence-corrected chi connectivity index (χ2v) is 6.82. The van der Waals surface area contributed by atoms with Crippen molar-refractivity contribution in [2.75, 3.05) is 26.7 Å². The van der Waals surface area contributed by atoms with E-state index in [1.165, 1.54) is 17.6 Å². The third-order valence-corrected chi connectivity index (χ3v) is 4.99. The average molecular weight is 407 g/mol. The smallest absolute Gasteiger partial charge is 0.350 e. The summed E-state index contributed by atoms with van der Waals surface area (Å²) in [6.45, 7) is 6.69. The van der Waals surface area contributed by atoms with E-state index >= 15 is 0 Å². The van der Waals surface area contributed by atoms with Crippen molar-refractivity contribution in [3.63, 3.8) is 0 Å². The van der Waals surface area contributed by atoms with Gasteiger partial charge in [0.05, 0.1) is 24.6 Å². The number of rotatable bonds is 8. The lowest BCUT2D eigenvalue weighted by molar-refractivity contribution is 0.0531. The normalized spacial score (nSPS) is 12.4. The summed E-state index contributed by atoms with van der Waals surface area (Å²) in [7, 11) is 1.65. The maximum absolute atomic E-state index is 11.9. The maximum Gasteiger partial charge on any atom is 0.350 e. The van der Waals surface area contributed by atoms with E-state index in [2.05, 4.69) is 25.9 Å². The molecule has 0 saturated heterocycles. The molecule has 0 aromatic carbocycles. The second kappa shape index (κ2) is 10.5. The Hall–Kier alpha value is -2.88. The molecule has 28 heavy (non-hydrogen) atoms. The molecular weight excluding hydrogens is 382 g/mol. The lowest BCUT2D eigenvalue weighted by atomic mass is 10.3. The first-order chi connectivity index (χ1) is 13.5. The standard InChI is InChI=1S/C18H25N5O4S/c1-5-26-17(25)14-11(2)22-16(28-14)12(3)23-18(19-4)21-9-8-20-15(24)13-7-6-10-27-13/h6-7,10,12H,5,8-9H2,1-4H3,(H,20,24)(H2,19,21,23). The molecule has 2 rings (SSSR count). The van der Waals surface area contributed by atoms with Gasteiger partial charge in [0.25, 0.3) is 5.91 Å². The van der Waals surface area contributed by atoms with Crippen LogP contribution in [0.2, 0.25) is 0 Å². The van der Waals surface area contributed by atoms with E-state index < -0.39 is 0 Å². The predicted octanol–water partition coefficient (Wildman–Crippen LogP) is 1.88. The summed E-state index contributed by atoms with van der Waals surface area (Å²) in [6, 6.07) is 3.11. The number of aryl methyl sites for hydroxylation is 1. The number of carbonyl (C=O) groups is 2. The molecule has 152 valence electrons. The number of nitrogens with zero attached hydrogens (tertiary/aromatic N) is 2. The summed E-state index contributed by atoms with van der Waals surface area (Å²) >= 11 is 1.30. The summed E-state index contributed by atoms with van der Waals surface area (Å²) < 4.78 is 10.1. The summed E-state index contributed by atoms with van der Waals surface area (Å²) in [5.41, 5.74) is 0.649. The summed E-state index contributed by atoms with van der Waals surface area (Å²) in [4.78, 5) is 32.9. The molecule has 0 bridgehead atoms. The topological polar surface area (TPSA) is 118 Å². The van der Waals surface area contributed by atoms with Crippen LogP contribution in [0.25, 0.3) is 0 Å². The molecule has 1 unspecified atom stereocenters. The third kappa shape index (κ3) is 5.81. The zero-order valence-electron chi connectivity index (χ0n) is 16.4. The van der Waals surface area contributed by atoms with E-state index in [0.717, 1.165) is 5.01 Å². The fourth-order valence-electron chi connectivity index (χ4n) is 2.30. The van der Waals surface area contributed by atoms with Crippen molar-refractivity contribution in [1.29, 1.82) is 0 Å². The number of hydrogen-bond acceptors (Lipinski definition) is 7. The number of hydrogen-bond donors (Lipinski definition) is 3. The van der Waals surface area contributed by atoms with Crippen LogP contribution < -0.4 is 16.0 Å². The minimum absolute atomic E-state index is 0.157. The van der Waals surface area contributed by atoms with Crippen molar-refractivity contribution in [2.45, 2.75) is 26.8 Å². The van der Waals surface area contributed by atoms with Crippen LogP contribution >= 0.6 is 11.3 Å². The predicted molar refractivity (Wildman–Crippen MR) is 107 cm³/mol. The summed E-state index contributed by atoms with van der Waals surface area (Å²) in [6.07, 6.45) is 1.45. The minimum atomic E-state index is -0.356. The second-order valence-electron chi connectivity index (χ2n) is 5.79. The van der Waals surface area contributed by atoms with Gasteiger partial charge < -0.3 is 25.1 Å². The number of nitrogens with one attached hydrogen (secondary N) is 3. The first-order valence-corrected chi connectivity index (χ1v) is 9.71. The van der Waals surface area contributed by atoms with Crippen LogP contribution in [0.3, 0.4) is 0 Å². The van der Waals surface area contributed by atoms with Gasteiger partial charge in [0.15, 0.2) is 11.7 Å². The van der Waals surface area contributed by atoms with Gasteiger partial charge in [-0.2, -0.15) is 0 Å². The van der Waals surface area contributed by atoms with E-state index in [4.69, 9.17) is 9.15 Å². The Balaban J connectivity index is 1.83. The van der Waals surface area contributed by atoms with Crippen LogP contribution in [0.5, 0.6) is 0 Å². The number of esters is 1. The van der Waals surface area contributed by atoms with Crippen molar-refractivity contribution in [2.24, 2.45) is 4.99 Å². The number of aromatic nitrogens is 1. The molecule has 0 radical (unpaired) electrons. The van der Waals surface area contributed by atoms with E-state index in [1.54, 1.807) is 33.0 Å². The molecule has 0 spiro atoms. The van der Waals surface area contributed by atoms with Crippen LogP contribution in [0.4, 0.5) is 0 Å². The minimum Gasteiger partial charge on any atom is -0.462 e. The fraction of sp³-hybridized carbons (Fsp3) is 0.444. The molecule has 2 aromatic heterocycles. The van der Waals surface area contributed by atoms with E-state index in [1.807, 2.05) is 6.92 Å². The third-order valence-electron chi connectivity index (χ3n) is 3.67. The Labute approximate surface area is 167 Å².